The smallest absolute Gasteiger partial charge is 0.328 e. The van der Waals surface area contributed by atoms with E-state index in [1.54, 1.807) is 0 Å². The maximum Gasteiger partial charge on any atom is 0.328 e. The average Bonchev–Trinajstić information content (AvgIpc) is 2.35. The summed E-state index contributed by atoms with van der Waals surface area (Å²) in [6.07, 6.45) is 0.514. The molecule has 1 heterocycles. The number of rotatable bonds is 6. The van der Waals surface area contributed by atoms with E-state index < -0.39 is 27.9 Å². The molecule has 122 valence electrons. The van der Waals surface area contributed by atoms with E-state index in [0.717, 1.165) is 0 Å². The van der Waals surface area contributed by atoms with E-state index in [-0.39, 0.29) is 29.8 Å². The first-order valence-electron chi connectivity index (χ1n) is 7.04. The fourth-order valence-corrected chi connectivity index (χ4v) is 3.75. The van der Waals surface area contributed by atoms with Gasteiger partial charge in [-0.05, 0) is 12.3 Å². The number of carbonyl (C=O) groups is 2. The molecule has 0 bridgehead atoms. The normalized spacial score (nSPS) is 22.6. The predicted octanol–water partition coefficient (Wildman–Crippen LogP) is -0.533. The van der Waals surface area contributed by atoms with Crippen molar-refractivity contribution >= 4 is 21.7 Å². The van der Waals surface area contributed by atoms with Crippen LogP contribution in [-0.2, 0) is 24.2 Å². The maximum absolute atomic E-state index is 12.0. The fraction of sp³-hybridized carbons (Fsp3) is 0.846. The second-order valence-electron chi connectivity index (χ2n) is 5.74. The molecule has 1 fully saturated rings. The minimum Gasteiger partial charge on any atom is -0.467 e. The standard InChI is InChI=1S/C13H24N2O5S/c1-9(2)6-11(13(17)20-3)15-12(16)7-10-8-21(18,19)5-4-14-10/h9-11,14H,4-8H2,1-3H3,(H,15,16). The third kappa shape index (κ3) is 6.43. The fourth-order valence-electron chi connectivity index (χ4n) is 2.30. The van der Waals surface area contributed by atoms with Crippen LogP contribution < -0.4 is 10.6 Å². The lowest BCUT2D eigenvalue weighted by Crippen LogP contribution is -2.49. The SMILES string of the molecule is COC(=O)C(CC(C)C)NC(=O)CC1CS(=O)(=O)CCN1. The van der Waals surface area contributed by atoms with Gasteiger partial charge in [0, 0.05) is 19.0 Å². The summed E-state index contributed by atoms with van der Waals surface area (Å²) in [5, 5.41) is 5.63. The number of hydrogen-bond donors (Lipinski definition) is 2. The second-order valence-corrected chi connectivity index (χ2v) is 7.97. The van der Waals surface area contributed by atoms with Crippen LogP contribution in [0.2, 0.25) is 0 Å². The van der Waals surface area contributed by atoms with E-state index in [1.807, 2.05) is 13.8 Å². The Morgan fingerprint density at radius 3 is 2.57 bits per heavy atom. The zero-order chi connectivity index (χ0) is 16.0. The highest BCUT2D eigenvalue weighted by Crippen LogP contribution is 2.08. The summed E-state index contributed by atoms with van der Waals surface area (Å²) in [7, 11) is -1.81. The molecule has 0 aromatic carbocycles. The van der Waals surface area contributed by atoms with Crippen LogP contribution in [0.3, 0.4) is 0 Å². The number of sulfone groups is 1. The van der Waals surface area contributed by atoms with Crippen molar-refractivity contribution < 1.29 is 22.7 Å². The molecule has 1 rings (SSSR count). The van der Waals surface area contributed by atoms with Crippen LogP contribution in [0.15, 0.2) is 0 Å². The summed E-state index contributed by atoms with van der Waals surface area (Å²) in [5.74, 6) is -0.555. The van der Waals surface area contributed by atoms with Crippen molar-refractivity contribution in [2.24, 2.45) is 5.92 Å². The summed E-state index contributed by atoms with van der Waals surface area (Å²) in [4.78, 5) is 23.6. The molecule has 0 spiro atoms. The van der Waals surface area contributed by atoms with Gasteiger partial charge in [0.25, 0.3) is 0 Å². The number of amides is 1. The Labute approximate surface area is 125 Å². The van der Waals surface area contributed by atoms with Crippen molar-refractivity contribution in [1.29, 1.82) is 0 Å². The van der Waals surface area contributed by atoms with Gasteiger partial charge in [-0.25, -0.2) is 13.2 Å². The van der Waals surface area contributed by atoms with Gasteiger partial charge in [-0.2, -0.15) is 0 Å². The Hall–Kier alpha value is -1.15. The number of hydrogen-bond acceptors (Lipinski definition) is 6. The highest BCUT2D eigenvalue weighted by atomic mass is 32.2. The molecule has 7 nitrogen and oxygen atoms in total. The number of ether oxygens (including phenoxy) is 1. The lowest BCUT2D eigenvalue weighted by atomic mass is 10.0. The maximum atomic E-state index is 12.0. The van der Waals surface area contributed by atoms with Gasteiger partial charge < -0.3 is 15.4 Å². The molecule has 2 atom stereocenters. The van der Waals surface area contributed by atoms with Crippen LogP contribution in [0, 0.1) is 5.92 Å². The summed E-state index contributed by atoms with van der Waals surface area (Å²) in [6, 6.07) is -1.09. The molecule has 8 heteroatoms. The van der Waals surface area contributed by atoms with E-state index in [1.165, 1.54) is 7.11 Å². The van der Waals surface area contributed by atoms with E-state index >= 15 is 0 Å². The third-order valence-corrected chi connectivity index (χ3v) is 5.00. The molecule has 1 aliphatic heterocycles. The highest BCUT2D eigenvalue weighted by Gasteiger charge is 2.28. The topological polar surface area (TPSA) is 102 Å². The molecule has 1 amide bonds. The van der Waals surface area contributed by atoms with Gasteiger partial charge in [0.1, 0.15) is 6.04 Å². The molecule has 0 aromatic rings. The Kier molecular flexibility index (Phi) is 6.60. The predicted molar refractivity (Wildman–Crippen MR) is 78.5 cm³/mol. The van der Waals surface area contributed by atoms with Crippen molar-refractivity contribution in [3.05, 3.63) is 0 Å². The molecule has 0 aliphatic carbocycles. The average molecular weight is 320 g/mol. The van der Waals surface area contributed by atoms with Gasteiger partial charge in [0.2, 0.25) is 5.91 Å². The van der Waals surface area contributed by atoms with Gasteiger partial charge in [-0.1, -0.05) is 13.8 Å². The molecule has 1 saturated heterocycles. The van der Waals surface area contributed by atoms with Gasteiger partial charge >= 0.3 is 5.97 Å². The Morgan fingerprint density at radius 1 is 1.38 bits per heavy atom. The van der Waals surface area contributed by atoms with Gasteiger partial charge in [-0.3, -0.25) is 4.79 Å². The van der Waals surface area contributed by atoms with Crippen molar-refractivity contribution in [2.75, 3.05) is 25.2 Å². The third-order valence-electron chi connectivity index (χ3n) is 3.26. The van der Waals surface area contributed by atoms with E-state index in [2.05, 4.69) is 15.4 Å². The second kappa shape index (κ2) is 7.74. The molecule has 2 unspecified atom stereocenters. The molecular formula is C13H24N2O5S. The lowest BCUT2D eigenvalue weighted by Gasteiger charge is -2.24. The highest BCUT2D eigenvalue weighted by molar-refractivity contribution is 7.91. The number of carbonyl (C=O) groups excluding carboxylic acids is 2. The zero-order valence-corrected chi connectivity index (χ0v) is 13.5. The summed E-state index contributed by atoms with van der Waals surface area (Å²) in [5.41, 5.74) is 0. The molecular weight excluding hydrogens is 296 g/mol. The van der Waals surface area contributed by atoms with Crippen molar-refractivity contribution in [2.45, 2.75) is 38.8 Å². The lowest BCUT2D eigenvalue weighted by molar-refractivity contribution is -0.145. The largest absolute Gasteiger partial charge is 0.467 e. The number of nitrogens with one attached hydrogen (secondary N) is 2. The van der Waals surface area contributed by atoms with Crippen molar-refractivity contribution in [1.82, 2.24) is 10.6 Å². The zero-order valence-electron chi connectivity index (χ0n) is 12.7. The van der Waals surface area contributed by atoms with E-state index in [4.69, 9.17) is 0 Å². The number of methoxy groups -OCH3 is 1. The van der Waals surface area contributed by atoms with Gasteiger partial charge in [0.15, 0.2) is 9.84 Å². The molecule has 21 heavy (non-hydrogen) atoms. The monoisotopic (exact) mass is 320 g/mol. The van der Waals surface area contributed by atoms with Crippen LogP contribution in [0.1, 0.15) is 26.7 Å². The van der Waals surface area contributed by atoms with Crippen LogP contribution >= 0.6 is 0 Å². The summed E-state index contributed by atoms with van der Waals surface area (Å²) in [6.45, 7) is 4.24. The first-order chi connectivity index (χ1) is 9.73. The minimum absolute atomic E-state index is 0.0326. The van der Waals surface area contributed by atoms with E-state index in [0.29, 0.717) is 13.0 Å². The number of esters is 1. The Balaban J connectivity index is 2.55. The van der Waals surface area contributed by atoms with Crippen molar-refractivity contribution in [3.63, 3.8) is 0 Å². The first-order valence-corrected chi connectivity index (χ1v) is 8.86. The first kappa shape index (κ1) is 17.9. The summed E-state index contributed by atoms with van der Waals surface area (Å²) < 4.78 is 27.7. The Morgan fingerprint density at radius 2 is 2.05 bits per heavy atom. The van der Waals surface area contributed by atoms with E-state index in [9.17, 15) is 18.0 Å². The molecule has 0 saturated carbocycles. The Bertz CT molecular complexity index is 475. The summed E-state index contributed by atoms with van der Waals surface area (Å²) >= 11 is 0. The minimum atomic E-state index is -3.08. The molecule has 1 aliphatic rings. The van der Waals surface area contributed by atoms with Crippen LogP contribution in [0.25, 0.3) is 0 Å². The van der Waals surface area contributed by atoms with Gasteiger partial charge in [0.05, 0.1) is 18.6 Å². The van der Waals surface area contributed by atoms with Crippen LogP contribution in [-0.4, -0.2) is 57.5 Å². The quantitative estimate of drug-likeness (QED) is 0.638. The van der Waals surface area contributed by atoms with Crippen molar-refractivity contribution in [3.8, 4) is 0 Å². The van der Waals surface area contributed by atoms with Crippen LogP contribution in [0.4, 0.5) is 0 Å². The molecule has 2 N–H and O–H groups in total. The van der Waals surface area contributed by atoms with Gasteiger partial charge in [-0.15, -0.1) is 0 Å². The van der Waals surface area contributed by atoms with Crippen LogP contribution in [0.5, 0.6) is 0 Å². The molecule has 0 aromatic heterocycles. The molecule has 0 radical (unpaired) electrons.